The number of piperidine rings is 1. The Morgan fingerprint density at radius 1 is 1.17 bits per heavy atom. The second-order valence-electron chi connectivity index (χ2n) is 7.88. The second kappa shape index (κ2) is 9.10. The van der Waals surface area contributed by atoms with Gasteiger partial charge in [-0.15, -0.1) is 0 Å². The van der Waals surface area contributed by atoms with Crippen LogP contribution >= 0.6 is 15.9 Å². The van der Waals surface area contributed by atoms with E-state index in [-0.39, 0.29) is 11.8 Å². The lowest BCUT2D eigenvalue weighted by Gasteiger charge is -2.30. The molecule has 30 heavy (non-hydrogen) atoms. The SMILES string of the molecule is Cc1ccc(NC(=O)C2CCN(Cc3nc(-c4ccc(Br)cc4)no3)CC2)c(C)c1. The van der Waals surface area contributed by atoms with Crippen LogP contribution in [0.15, 0.2) is 51.5 Å². The molecule has 1 aliphatic heterocycles. The van der Waals surface area contributed by atoms with Crippen LogP contribution in [0.25, 0.3) is 11.4 Å². The van der Waals surface area contributed by atoms with Crippen molar-refractivity contribution in [1.82, 2.24) is 15.0 Å². The van der Waals surface area contributed by atoms with Crippen molar-refractivity contribution >= 4 is 27.5 Å². The third-order valence-electron chi connectivity index (χ3n) is 5.53. The average Bonchev–Trinajstić information content (AvgIpc) is 3.19. The van der Waals surface area contributed by atoms with Crippen LogP contribution in [0.1, 0.15) is 29.9 Å². The number of carbonyl (C=O) groups excluding carboxylic acids is 1. The molecular weight excluding hydrogens is 444 g/mol. The summed E-state index contributed by atoms with van der Waals surface area (Å²) < 4.78 is 6.45. The molecule has 1 N–H and O–H groups in total. The van der Waals surface area contributed by atoms with E-state index in [1.165, 1.54) is 5.56 Å². The van der Waals surface area contributed by atoms with Gasteiger partial charge in [0.2, 0.25) is 17.6 Å². The summed E-state index contributed by atoms with van der Waals surface area (Å²) in [6.45, 7) is 6.36. The zero-order valence-electron chi connectivity index (χ0n) is 17.2. The fraction of sp³-hybridized carbons (Fsp3) is 0.348. The molecule has 0 spiro atoms. The smallest absolute Gasteiger partial charge is 0.241 e. The van der Waals surface area contributed by atoms with E-state index in [0.29, 0.717) is 18.3 Å². The summed E-state index contributed by atoms with van der Waals surface area (Å²) in [6, 6.07) is 13.9. The topological polar surface area (TPSA) is 71.3 Å². The van der Waals surface area contributed by atoms with Gasteiger partial charge in [0.05, 0.1) is 6.54 Å². The Labute approximate surface area is 184 Å². The Morgan fingerprint density at radius 2 is 1.90 bits per heavy atom. The normalized spacial score (nSPS) is 15.3. The number of halogens is 1. The summed E-state index contributed by atoms with van der Waals surface area (Å²) in [4.78, 5) is 19.5. The van der Waals surface area contributed by atoms with Gasteiger partial charge in [-0.25, -0.2) is 0 Å². The zero-order valence-corrected chi connectivity index (χ0v) is 18.8. The monoisotopic (exact) mass is 468 g/mol. The van der Waals surface area contributed by atoms with Gasteiger partial charge in [-0.1, -0.05) is 38.8 Å². The fourth-order valence-corrected chi connectivity index (χ4v) is 4.03. The summed E-state index contributed by atoms with van der Waals surface area (Å²) in [5.74, 6) is 1.34. The van der Waals surface area contributed by atoms with Crippen LogP contribution in [0.3, 0.4) is 0 Å². The molecule has 7 heteroatoms. The first-order chi connectivity index (χ1) is 14.5. The molecule has 1 aliphatic rings. The fourth-order valence-electron chi connectivity index (χ4n) is 3.77. The van der Waals surface area contributed by atoms with Crippen molar-refractivity contribution in [3.8, 4) is 11.4 Å². The molecule has 0 bridgehead atoms. The van der Waals surface area contributed by atoms with E-state index < -0.39 is 0 Å². The lowest BCUT2D eigenvalue weighted by Crippen LogP contribution is -2.37. The lowest BCUT2D eigenvalue weighted by atomic mass is 9.95. The molecule has 0 radical (unpaired) electrons. The first-order valence-electron chi connectivity index (χ1n) is 10.2. The van der Waals surface area contributed by atoms with Gasteiger partial charge < -0.3 is 9.84 Å². The van der Waals surface area contributed by atoms with Crippen molar-refractivity contribution in [1.29, 1.82) is 0 Å². The van der Waals surface area contributed by atoms with Gasteiger partial charge >= 0.3 is 0 Å². The van der Waals surface area contributed by atoms with Crippen LogP contribution in [0.2, 0.25) is 0 Å². The number of carbonyl (C=O) groups is 1. The number of likely N-dealkylation sites (tertiary alicyclic amines) is 1. The average molecular weight is 469 g/mol. The van der Waals surface area contributed by atoms with E-state index >= 15 is 0 Å². The maximum atomic E-state index is 12.7. The first-order valence-corrected chi connectivity index (χ1v) is 11.0. The molecule has 1 amide bonds. The van der Waals surface area contributed by atoms with Crippen LogP contribution in [0.4, 0.5) is 5.69 Å². The highest BCUT2D eigenvalue weighted by Crippen LogP contribution is 2.24. The van der Waals surface area contributed by atoms with Crippen LogP contribution in [-0.2, 0) is 11.3 Å². The molecular formula is C23H25BrN4O2. The number of rotatable bonds is 5. The summed E-state index contributed by atoms with van der Waals surface area (Å²) in [5.41, 5.74) is 4.12. The van der Waals surface area contributed by atoms with Gasteiger partial charge in [0.15, 0.2) is 0 Å². The van der Waals surface area contributed by atoms with Crippen LogP contribution in [0.5, 0.6) is 0 Å². The molecule has 1 aromatic heterocycles. The minimum atomic E-state index is 0.0305. The lowest BCUT2D eigenvalue weighted by molar-refractivity contribution is -0.121. The molecule has 2 aromatic carbocycles. The molecule has 0 unspecified atom stereocenters. The van der Waals surface area contributed by atoms with Gasteiger partial charge in [-0.05, 0) is 75.7 Å². The summed E-state index contributed by atoms with van der Waals surface area (Å²) in [6.07, 6.45) is 1.65. The Kier molecular flexibility index (Phi) is 6.29. The third kappa shape index (κ3) is 4.96. The van der Waals surface area contributed by atoms with E-state index in [1.807, 2.05) is 43.3 Å². The minimum Gasteiger partial charge on any atom is -0.338 e. The van der Waals surface area contributed by atoms with Crippen molar-refractivity contribution in [3.05, 3.63) is 64.0 Å². The Balaban J connectivity index is 1.29. The summed E-state index contributed by atoms with van der Waals surface area (Å²) >= 11 is 3.43. The highest BCUT2D eigenvalue weighted by Gasteiger charge is 2.26. The third-order valence-corrected chi connectivity index (χ3v) is 6.06. The van der Waals surface area contributed by atoms with E-state index in [1.54, 1.807) is 0 Å². The number of hydrogen-bond acceptors (Lipinski definition) is 5. The summed E-state index contributed by atoms with van der Waals surface area (Å²) in [7, 11) is 0. The number of nitrogens with zero attached hydrogens (tertiary/aromatic N) is 3. The van der Waals surface area contributed by atoms with E-state index in [9.17, 15) is 4.79 Å². The molecule has 0 atom stereocenters. The molecule has 0 saturated carbocycles. The zero-order chi connectivity index (χ0) is 21.1. The minimum absolute atomic E-state index is 0.0305. The number of aryl methyl sites for hydroxylation is 2. The van der Waals surface area contributed by atoms with Crippen molar-refractivity contribution < 1.29 is 9.32 Å². The largest absolute Gasteiger partial charge is 0.338 e. The van der Waals surface area contributed by atoms with Crippen LogP contribution in [-0.4, -0.2) is 34.0 Å². The molecule has 3 aromatic rings. The van der Waals surface area contributed by atoms with Crippen molar-refractivity contribution in [2.24, 2.45) is 5.92 Å². The predicted molar refractivity (Wildman–Crippen MR) is 120 cm³/mol. The molecule has 2 heterocycles. The van der Waals surface area contributed by atoms with Crippen LogP contribution < -0.4 is 5.32 Å². The number of benzene rings is 2. The van der Waals surface area contributed by atoms with Gasteiger partial charge in [-0.2, -0.15) is 4.98 Å². The van der Waals surface area contributed by atoms with Gasteiger partial charge in [0.1, 0.15) is 0 Å². The Bertz CT molecular complexity index is 1020. The number of hydrogen-bond donors (Lipinski definition) is 1. The van der Waals surface area contributed by atoms with Gasteiger partial charge in [-0.3, -0.25) is 9.69 Å². The number of aromatic nitrogens is 2. The second-order valence-corrected chi connectivity index (χ2v) is 8.79. The molecule has 1 fully saturated rings. The van der Waals surface area contributed by atoms with E-state index in [4.69, 9.17) is 4.52 Å². The van der Waals surface area contributed by atoms with Crippen molar-refractivity contribution in [2.75, 3.05) is 18.4 Å². The van der Waals surface area contributed by atoms with Gasteiger partial charge in [0.25, 0.3) is 0 Å². The quantitative estimate of drug-likeness (QED) is 0.572. The van der Waals surface area contributed by atoms with Crippen molar-refractivity contribution in [2.45, 2.75) is 33.2 Å². The highest BCUT2D eigenvalue weighted by molar-refractivity contribution is 9.10. The maximum Gasteiger partial charge on any atom is 0.241 e. The van der Waals surface area contributed by atoms with Crippen molar-refractivity contribution in [3.63, 3.8) is 0 Å². The molecule has 156 valence electrons. The summed E-state index contributed by atoms with van der Waals surface area (Å²) in [5, 5.41) is 7.19. The Hall–Kier alpha value is -2.51. The first kappa shape index (κ1) is 20.8. The predicted octanol–water partition coefficient (Wildman–Crippen LogP) is 4.97. The Morgan fingerprint density at radius 3 is 2.60 bits per heavy atom. The molecule has 4 rings (SSSR count). The molecule has 1 saturated heterocycles. The van der Waals surface area contributed by atoms with Crippen LogP contribution in [0, 0.1) is 19.8 Å². The number of nitrogens with one attached hydrogen (secondary N) is 1. The standard InChI is InChI=1S/C23H25BrN4O2/c1-15-3-8-20(16(2)13-15)25-23(29)18-9-11-28(12-10-18)14-21-26-22(27-30-21)17-4-6-19(24)7-5-17/h3-8,13,18H,9-12,14H2,1-2H3,(H,25,29). The molecule has 6 nitrogen and oxygen atoms in total. The number of amides is 1. The highest BCUT2D eigenvalue weighted by atomic mass is 79.9. The van der Waals surface area contributed by atoms with E-state index in [0.717, 1.165) is 47.2 Å². The molecule has 0 aliphatic carbocycles. The maximum absolute atomic E-state index is 12.7. The van der Waals surface area contributed by atoms with Gasteiger partial charge in [0, 0.05) is 21.6 Å². The van der Waals surface area contributed by atoms with E-state index in [2.05, 4.69) is 49.3 Å². The number of anilines is 1.